The number of carbonyl (C=O) groups excluding carboxylic acids is 2. The van der Waals surface area contributed by atoms with Crippen LogP contribution in [0.25, 0.3) is 0 Å². The number of nitrogens with one attached hydrogen (secondary N) is 3. The molecule has 0 unspecified atom stereocenters. The number of hydrogen-bond acceptors (Lipinski definition) is 4. The van der Waals surface area contributed by atoms with Crippen molar-refractivity contribution in [2.75, 3.05) is 0 Å². The fourth-order valence-corrected chi connectivity index (χ4v) is 3.46. The molecule has 2 aromatic rings. The molecule has 0 heterocycles. The van der Waals surface area contributed by atoms with Crippen molar-refractivity contribution in [1.82, 2.24) is 16.2 Å². The van der Waals surface area contributed by atoms with Gasteiger partial charge in [-0.2, -0.15) is 0 Å². The minimum absolute atomic E-state index is 0.00804. The van der Waals surface area contributed by atoms with Gasteiger partial charge in [0.05, 0.1) is 5.56 Å². The summed E-state index contributed by atoms with van der Waals surface area (Å²) in [5.74, 6) is -0.0369. The highest BCUT2D eigenvalue weighted by Crippen LogP contribution is 2.23. The Hall–Kier alpha value is -2.93. The lowest BCUT2D eigenvalue weighted by atomic mass is 9.89. The molecule has 2 amide bonds. The third kappa shape index (κ3) is 6.29. The number of amides is 2. The van der Waals surface area contributed by atoms with Crippen molar-refractivity contribution in [3.8, 4) is 5.75 Å². The van der Waals surface area contributed by atoms with Crippen LogP contribution in [0.5, 0.6) is 5.75 Å². The summed E-state index contributed by atoms with van der Waals surface area (Å²) in [6.45, 7) is 0.356. The molecule has 152 valence electrons. The molecule has 0 aromatic heterocycles. The van der Waals surface area contributed by atoms with E-state index in [2.05, 4.69) is 16.2 Å². The lowest BCUT2D eigenvalue weighted by Gasteiger charge is -2.21. The zero-order valence-corrected chi connectivity index (χ0v) is 17.0. The molecule has 0 saturated heterocycles. The van der Waals surface area contributed by atoms with Crippen LogP contribution in [0.4, 0.5) is 0 Å². The zero-order valence-electron chi connectivity index (χ0n) is 16.1. The summed E-state index contributed by atoms with van der Waals surface area (Å²) in [6, 6.07) is 16.7. The Morgan fingerprint density at radius 2 is 1.62 bits per heavy atom. The number of thiocarbonyl (C=S) groups is 1. The van der Waals surface area contributed by atoms with E-state index < -0.39 is 5.91 Å². The fourth-order valence-electron chi connectivity index (χ4n) is 3.31. The van der Waals surface area contributed by atoms with Crippen molar-refractivity contribution in [3.05, 3.63) is 65.7 Å². The normalized spacial score (nSPS) is 13.9. The first-order valence-electron chi connectivity index (χ1n) is 9.80. The second kappa shape index (κ2) is 10.6. The molecular weight excluding hydrogens is 386 g/mol. The SMILES string of the molecule is O=C(NNC(=S)NC(=O)C1CCCCC1)c1ccccc1OCc1ccccc1. The predicted molar refractivity (Wildman–Crippen MR) is 115 cm³/mol. The molecule has 1 saturated carbocycles. The molecule has 0 atom stereocenters. The minimum Gasteiger partial charge on any atom is -0.488 e. The molecule has 0 bridgehead atoms. The average molecular weight is 412 g/mol. The van der Waals surface area contributed by atoms with Gasteiger partial charge >= 0.3 is 0 Å². The first kappa shape index (κ1) is 20.8. The summed E-state index contributed by atoms with van der Waals surface area (Å²) in [4.78, 5) is 24.8. The number of benzene rings is 2. The van der Waals surface area contributed by atoms with Crippen molar-refractivity contribution < 1.29 is 14.3 Å². The van der Waals surface area contributed by atoms with Crippen LogP contribution < -0.4 is 20.9 Å². The van der Waals surface area contributed by atoms with Crippen LogP contribution in [0, 0.1) is 5.92 Å². The summed E-state index contributed by atoms with van der Waals surface area (Å²) in [6.07, 6.45) is 5.07. The second-order valence-electron chi connectivity index (χ2n) is 7.00. The van der Waals surface area contributed by atoms with Gasteiger partial charge in [0, 0.05) is 5.92 Å². The van der Waals surface area contributed by atoms with Crippen molar-refractivity contribution in [1.29, 1.82) is 0 Å². The number of hydrogen-bond donors (Lipinski definition) is 3. The van der Waals surface area contributed by atoms with Gasteiger partial charge in [-0.15, -0.1) is 0 Å². The maximum Gasteiger partial charge on any atom is 0.273 e. The maximum atomic E-state index is 12.5. The molecule has 0 radical (unpaired) electrons. The molecule has 1 fully saturated rings. The van der Waals surface area contributed by atoms with E-state index in [1.807, 2.05) is 30.3 Å². The third-order valence-corrected chi connectivity index (χ3v) is 5.08. The van der Waals surface area contributed by atoms with E-state index >= 15 is 0 Å². The molecule has 2 aromatic carbocycles. The summed E-state index contributed by atoms with van der Waals surface area (Å²) < 4.78 is 5.80. The smallest absolute Gasteiger partial charge is 0.273 e. The lowest BCUT2D eigenvalue weighted by molar-refractivity contribution is -0.124. The van der Waals surface area contributed by atoms with Crippen LogP contribution in [0.3, 0.4) is 0 Å². The standard InChI is InChI=1S/C22H25N3O3S/c26-20(17-11-5-2-6-12-17)23-22(29)25-24-21(27)18-13-7-8-14-19(18)28-15-16-9-3-1-4-10-16/h1,3-4,7-10,13-14,17H,2,5-6,11-12,15H2,(H,24,27)(H2,23,25,26,29). The van der Waals surface area contributed by atoms with E-state index in [1.54, 1.807) is 24.3 Å². The molecule has 29 heavy (non-hydrogen) atoms. The van der Waals surface area contributed by atoms with E-state index in [9.17, 15) is 9.59 Å². The minimum atomic E-state index is -0.400. The Bertz CT molecular complexity index is 851. The molecule has 0 spiro atoms. The van der Waals surface area contributed by atoms with Gasteiger partial charge < -0.3 is 10.1 Å². The highest BCUT2D eigenvalue weighted by Gasteiger charge is 2.22. The van der Waals surface area contributed by atoms with Crippen molar-refractivity contribution in [2.24, 2.45) is 5.92 Å². The van der Waals surface area contributed by atoms with Crippen LogP contribution in [-0.4, -0.2) is 16.9 Å². The number of ether oxygens (including phenoxy) is 1. The quantitative estimate of drug-likeness (QED) is 0.519. The van der Waals surface area contributed by atoms with Crippen LogP contribution >= 0.6 is 12.2 Å². The number of carbonyl (C=O) groups is 2. The topological polar surface area (TPSA) is 79.5 Å². The lowest BCUT2D eigenvalue weighted by Crippen LogP contribution is -2.49. The molecule has 1 aliphatic rings. The van der Waals surface area contributed by atoms with E-state index in [1.165, 1.54) is 6.42 Å². The number of para-hydroxylation sites is 1. The molecule has 6 nitrogen and oxygen atoms in total. The Labute approximate surface area is 176 Å². The largest absolute Gasteiger partial charge is 0.488 e. The van der Waals surface area contributed by atoms with Gasteiger partial charge in [0.1, 0.15) is 12.4 Å². The Kier molecular flexibility index (Phi) is 7.58. The summed E-state index contributed by atoms with van der Waals surface area (Å²) in [7, 11) is 0. The fraction of sp³-hybridized carbons (Fsp3) is 0.318. The highest BCUT2D eigenvalue weighted by atomic mass is 32.1. The monoisotopic (exact) mass is 411 g/mol. The van der Waals surface area contributed by atoms with E-state index in [-0.39, 0.29) is 16.9 Å². The summed E-state index contributed by atoms with van der Waals surface area (Å²) in [5.41, 5.74) is 6.50. The Morgan fingerprint density at radius 1 is 0.931 bits per heavy atom. The van der Waals surface area contributed by atoms with Gasteiger partial charge in [0.2, 0.25) is 5.91 Å². The summed E-state index contributed by atoms with van der Waals surface area (Å²) in [5, 5.41) is 2.73. The maximum absolute atomic E-state index is 12.5. The zero-order chi connectivity index (χ0) is 20.5. The molecule has 7 heteroatoms. The van der Waals surface area contributed by atoms with Crippen LogP contribution in [-0.2, 0) is 11.4 Å². The van der Waals surface area contributed by atoms with E-state index in [0.717, 1.165) is 31.2 Å². The third-order valence-electron chi connectivity index (χ3n) is 4.87. The number of rotatable bonds is 5. The van der Waals surface area contributed by atoms with Gasteiger partial charge in [-0.3, -0.25) is 20.4 Å². The Balaban J connectivity index is 1.51. The first-order chi connectivity index (χ1) is 14.1. The second-order valence-corrected chi connectivity index (χ2v) is 7.41. The van der Waals surface area contributed by atoms with Crippen molar-refractivity contribution in [2.45, 2.75) is 38.7 Å². The van der Waals surface area contributed by atoms with Gasteiger partial charge in [0.25, 0.3) is 5.91 Å². The van der Waals surface area contributed by atoms with Gasteiger partial charge in [-0.05, 0) is 42.8 Å². The van der Waals surface area contributed by atoms with Crippen molar-refractivity contribution in [3.63, 3.8) is 0 Å². The molecule has 3 N–H and O–H groups in total. The molecular formula is C22H25N3O3S. The summed E-state index contributed by atoms with van der Waals surface area (Å²) >= 11 is 5.13. The van der Waals surface area contributed by atoms with Gasteiger partial charge in [0.15, 0.2) is 5.11 Å². The van der Waals surface area contributed by atoms with E-state index in [0.29, 0.717) is 17.9 Å². The Morgan fingerprint density at radius 3 is 2.38 bits per heavy atom. The van der Waals surface area contributed by atoms with Crippen LogP contribution in [0.2, 0.25) is 0 Å². The predicted octanol–water partition coefficient (Wildman–Crippen LogP) is 3.48. The van der Waals surface area contributed by atoms with E-state index in [4.69, 9.17) is 17.0 Å². The highest BCUT2D eigenvalue weighted by molar-refractivity contribution is 7.80. The van der Waals surface area contributed by atoms with Crippen molar-refractivity contribution >= 4 is 29.1 Å². The van der Waals surface area contributed by atoms with Crippen LogP contribution in [0.1, 0.15) is 48.0 Å². The molecule has 1 aliphatic carbocycles. The van der Waals surface area contributed by atoms with Gasteiger partial charge in [-0.1, -0.05) is 61.7 Å². The molecule has 0 aliphatic heterocycles. The molecule has 3 rings (SSSR count). The average Bonchev–Trinajstić information content (AvgIpc) is 2.77. The van der Waals surface area contributed by atoms with Crippen LogP contribution in [0.15, 0.2) is 54.6 Å². The number of hydrazine groups is 1. The van der Waals surface area contributed by atoms with Gasteiger partial charge in [-0.25, -0.2) is 0 Å². The first-order valence-corrected chi connectivity index (χ1v) is 10.2.